The first kappa shape index (κ1) is 7.90. The van der Waals surface area contributed by atoms with Crippen LogP contribution < -0.4 is 5.73 Å². The summed E-state index contributed by atoms with van der Waals surface area (Å²) in [6, 6.07) is 0.555. The lowest BCUT2D eigenvalue weighted by atomic mass is 10.3. The van der Waals surface area contributed by atoms with E-state index in [1.54, 1.807) is 0 Å². The molecular formula is C9H17N3. The summed E-state index contributed by atoms with van der Waals surface area (Å²) in [5.41, 5.74) is 5.72. The molecule has 0 aromatic rings. The molecule has 2 atom stereocenters. The fraction of sp³-hybridized carbons (Fsp3) is 0.889. The van der Waals surface area contributed by atoms with Gasteiger partial charge in [0, 0.05) is 14.1 Å². The zero-order valence-corrected chi connectivity index (χ0v) is 7.83. The van der Waals surface area contributed by atoms with Gasteiger partial charge in [0.2, 0.25) is 0 Å². The number of guanidine groups is 1. The molecule has 0 saturated heterocycles. The maximum Gasteiger partial charge on any atom is 0.191 e. The molecular weight excluding hydrogens is 150 g/mol. The molecule has 2 aliphatic carbocycles. The Morgan fingerprint density at radius 2 is 2.08 bits per heavy atom. The van der Waals surface area contributed by atoms with Gasteiger partial charge in [-0.2, -0.15) is 0 Å². The van der Waals surface area contributed by atoms with Crippen molar-refractivity contribution in [3.63, 3.8) is 0 Å². The number of nitrogens with zero attached hydrogens (tertiary/aromatic N) is 2. The first-order chi connectivity index (χ1) is 5.68. The van der Waals surface area contributed by atoms with E-state index in [9.17, 15) is 0 Å². The van der Waals surface area contributed by atoms with E-state index >= 15 is 0 Å². The van der Waals surface area contributed by atoms with Gasteiger partial charge >= 0.3 is 0 Å². The highest BCUT2D eigenvalue weighted by molar-refractivity contribution is 5.77. The fourth-order valence-electron chi connectivity index (χ4n) is 1.67. The second-order valence-electron chi connectivity index (χ2n) is 4.19. The summed E-state index contributed by atoms with van der Waals surface area (Å²) in [5.74, 6) is 2.56. The van der Waals surface area contributed by atoms with Crippen molar-refractivity contribution in [3.8, 4) is 0 Å². The number of aliphatic imine (C=N–C) groups is 1. The third-order valence-electron chi connectivity index (χ3n) is 2.79. The van der Waals surface area contributed by atoms with Crippen LogP contribution in [0.1, 0.15) is 19.3 Å². The first-order valence-corrected chi connectivity index (χ1v) is 4.69. The summed E-state index contributed by atoms with van der Waals surface area (Å²) in [4.78, 5) is 6.33. The number of nitrogens with two attached hydrogens (primary N) is 1. The minimum absolute atomic E-state index is 0.555. The van der Waals surface area contributed by atoms with E-state index in [1.807, 2.05) is 19.0 Å². The zero-order valence-electron chi connectivity index (χ0n) is 7.83. The normalized spacial score (nSPS) is 35.0. The average Bonchev–Trinajstić information content (AvgIpc) is 2.79. The Balaban J connectivity index is 1.84. The van der Waals surface area contributed by atoms with Gasteiger partial charge in [-0.15, -0.1) is 0 Å². The van der Waals surface area contributed by atoms with Gasteiger partial charge in [0.05, 0.1) is 6.04 Å². The van der Waals surface area contributed by atoms with Gasteiger partial charge in [0.15, 0.2) is 5.96 Å². The molecule has 2 fully saturated rings. The second kappa shape index (κ2) is 2.64. The predicted octanol–water partition coefficient (Wildman–Crippen LogP) is 0.661. The third kappa shape index (κ3) is 1.54. The molecule has 2 aliphatic rings. The molecule has 68 valence electrons. The number of hydrogen-bond acceptors (Lipinski definition) is 1. The van der Waals surface area contributed by atoms with Crippen molar-refractivity contribution in [2.75, 3.05) is 14.1 Å². The van der Waals surface area contributed by atoms with Crippen LogP contribution in [0.25, 0.3) is 0 Å². The Morgan fingerprint density at radius 1 is 1.42 bits per heavy atom. The van der Waals surface area contributed by atoms with E-state index in [-0.39, 0.29) is 0 Å². The van der Waals surface area contributed by atoms with Gasteiger partial charge < -0.3 is 10.6 Å². The highest BCUT2D eigenvalue weighted by Crippen LogP contribution is 2.51. The van der Waals surface area contributed by atoms with Crippen LogP contribution in [0.2, 0.25) is 0 Å². The SMILES string of the molecule is CN(C)C(N)=NC1CC1C1CC1. The van der Waals surface area contributed by atoms with Crippen molar-refractivity contribution in [2.45, 2.75) is 25.3 Å². The van der Waals surface area contributed by atoms with Crippen LogP contribution in [0.5, 0.6) is 0 Å². The molecule has 3 nitrogen and oxygen atoms in total. The summed E-state index contributed by atoms with van der Waals surface area (Å²) < 4.78 is 0. The van der Waals surface area contributed by atoms with E-state index in [0.717, 1.165) is 11.8 Å². The third-order valence-corrected chi connectivity index (χ3v) is 2.79. The Kier molecular flexibility index (Phi) is 1.74. The van der Waals surface area contributed by atoms with Gasteiger partial charge in [-0.25, -0.2) is 4.99 Å². The van der Waals surface area contributed by atoms with Crippen LogP contribution in [0.15, 0.2) is 4.99 Å². The standard InChI is InChI=1S/C9H17N3/c1-12(2)9(10)11-8-5-7(8)6-3-4-6/h6-8H,3-5H2,1-2H3,(H2,10,11). The van der Waals surface area contributed by atoms with Crippen LogP contribution in [0.4, 0.5) is 0 Å². The van der Waals surface area contributed by atoms with Crippen molar-refractivity contribution in [1.29, 1.82) is 0 Å². The van der Waals surface area contributed by atoms with E-state index in [1.165, 1.54) is 19.3 Å². The molecule has 2 saturated carbocycles. The summed E-state index contributed by atoms with van der Waals surface area (Å²) in [6.45, 7) is 0. The van der Waals surface area contributed by atoms with Crippen LogP contribution in [-0.4, -0.2) is 31.0 Å². The van der Waals surface area contributed by atoms with Crippen molar-refractivity contribution in [1.82, 2.24) is 4.90 Å². The first-order valence-electron chi connectivity index (χ1n) is 4.69. The molecule has 2 N–H and O–H groups in total. The number of rotatable bonds is 2. The van der Waals surface area contributed by atoms with E-state index < -0.39 is 0 Å². The molecule has 0 aliphatic heterocycles. The van der Waals surface area contributed by atoms with Gasteiger partial charge in [0.1, 0.15) is 0 Å². The summed E-state index contributed by atoms with van der Waals surface area (Å²) >= 11 is 0. The van der Waals surface area contributed by atoms with E-state index in [4.69, 9.17) is 5.73 Å². The topological polar surface area (TPSA) is 41.6 Å². The highest BCUT2D eigenvalue weighted by atomic mass is 15.2. The van der Waals surface area contributed by atoms with Gasteiger partial charge in [-0.05, 0) is 31.1 Å². The molecule has 0 radical (unpaired) electrons. The fourth-order valence-corrected chi connectivity index (χ4v) is 1.67. The lowest BCUT2D eigenvalue weighted by Gasteiger charge is -2.09. The van der Waals surface area contributed by atoms with Crippen LogP contribution in [0.3, 0.4) is 0 Å². The Labute approximate surface area is 73.6 Å². The monoisotopic (exact) mass is 167 g/mol. The zero-order chi connectivity index (χ0) is 8.72. The average molecular weight is 167 g/mol. The number of hydrogen-bond donors (Lipinski definition) is 1. The maximum absolute atomic E-state index is 5.72. The molecule has 2 unspecified atom stereocenters. The molecule has 0 aromatic heterocycles. The predicted molar refractivity (Wildman–Crippen MR) is 49.9 cm³/mol. The van der Waals surface area contributed by atoms with Gasteiger partial charge in [-0.1, -0.05) is 0 Å². The molecule has 3 heteroatoms. The molecule has 2 rings (SSSR count). The van der Waals surface area contributed by atoms with Crippen molar-refractivity contribution >= 4 is 5.96 Å². The molecule has 0 heterocycles. The van der Waals surface area contributed by atoms with E-state index in [0.29, 0.717) is 12.0 Å². The van der Waals surface area contributed by atoms with E-state index in [2.05, 4.69) is 4.99 Å². The largest absolute Gasteiger partial charge is 0.370 e. The van der Waals surface area contributed by atoms with Gasteiger partial charge in [0.25, 0.3) is 0 Å². The summed E-state index contributed by atoms with van der Waals surface area (Å²) in [5, 5.41) is 0. The molecule has 0 bridgehead atoms. The van der Waals surface area contributed by atoms with Crippen LogP contribution >= 0.6 is 0 Å². The van der Waals surface area contributed by atoms with Crippen molar-refractivity contribution in [2.24, 2.45) is 22.6 Å². The van der Waals surface area contributed by atoms with Crippen LogP contribution in [-0.2, 0) is 0 Å². The lowest BCUT2D eigenvalue weighted by Crippen LogP contribution is -2.30. The maximum atomic E-state index is 5.72. The van der Waals surface area contributed by atoms with Crippen molar-refractivity contribution < 1.29 is 0 Å². The quantitative estimate of drug-likeness (QED) is 0.485. The Morgan fingerprint density at radius 3 is 2.58 bits per heavy atom. The molecule has 0 spiro atoms. The minimum atomic E-state index is 0.555. The lowest BCUT2D eigenvalue weighted by molar-refractivity contribution is 0.602. The summed E-state index contributed by atoms with van der Waals surface area (Å²) in [7, 11) is 3.88. The molecule has 0 aromatic carbocycles. The molecule has 12 heavy (non-hydrogen) atoms. The minimum Gasteiger partial charge on any atom is -0.370 e. The smallest absolute Gasteiger partial charge is 0.191 e. The Bertz CT molecular complexity index is 206. The highest BCUT2D eigenvalue weighted by Gasteiger charge is 2.47. The van der Waals surface area contributed by atoms with Crippen LogP contribution in [0, 0.1) is 11.8 Å². The Hall–Kier alpha value is -0.730. The van der Waals surface area contributed by atoms with Crippen molar-refractivity contribution in [3.05, 3.63) is 0 Å². The second-order valence-corrected chi connectivity index (χ2v) is 4.19. The van der Waals surface area contributed by atoms with Gasteiger partial charge in [-0.3, -0.25) is 0 Å². The summed E-state index contributed by atoms with van der Waals surface area (Å²) in [6.07, 6.45) is 4.14. The molecule has 0 amide bonds.